The maximum atomic E-state index is 14.0. The quantitative estimate of drug-likeness (QED) is 0.728. The van der Waals surface area contributed by atoms with Gasteiger partial charge in [-0.1, -0.05) is 42.5 Å². The van der Waals surface area contributed by atoms with Crippen molar-refractivity contribution in [2.24, 2.45) is 0 Å². The highest BCUT2D eigenvalue weighted by molar-refractivity contribution is 5.76. The number of amides is 1. The molecule has 0 aliphatic carbocycles. The van der Waals surface area contributed by atoms with Gasteiger partial charge in [-0.05, 0) is 31.5 Å². The average Bonchev–Trinajstić information content (AvgIpc) is 2.72. The molecule has 1 aliphatic heterocycles. The van der Waals surface area contributed by atoms with Crippen LogP contribution < -0.4 is 4.90 Å². The molecule has 0 aromatic heterocycles. The van der Waals surface area contributed by atoms with E-state index in [1.165, 1.54) is 11.6 Å². The lowest BCUT2D eigenvalue weighted by atomic mass is 10.1. The fraction of sp³-hybridized carbons (Fsp3) is 0.435. The van der Waals surface area contributed by atoms with Crippen molar-refractivity contribution < 1.29 is 9.18 Å². The van der Waals surface area contributed by atoms with E-state index in [-0.39, 0.29) is 11.7 Å². The van der Waals surface area contributed by atoms with E-state index in [4.69, 9.17) is 0 Å². The van der Waals surface area contributed by atoms with E-state index >= 15 is 0 Å². The third kappa shape index (κ3) is 5.32. The Bertz CT molecular complexity index is 757. The zero-order valence-corrected chi connectivity index (χ0v) is 16.9. The molecule has 1 fully saturated rings. The summed E-state index contributed by atoms with van der Waals surface area (Å²) in [5, 5.41) is 0. The predicted octanol–water partition coefficient (Wildman–Crippen LogP) is 3.78. The molecule has 1 saturated heterocycles. The number of hydrogen-bond acceptors (Lipinski definition) is 3. The van der Waals surface area contributed by atoms with Gasteiger partial charge in [-0.2, -0.15) is 0 Å². The normalized spacial score (nSPS) is 14.8. The van der Waals surface area contributed by atoms with Crippen molar-refractivity contribution in [3.05, 3.63) is 66.0 Å². The molecule has 4 nitrogen and oxygen atoms in total. The molecule has 0 spiro atoms. The van der Waals surface area contributed by atoms with Crippen LogP contribution in [-0.4, -0.2) is 54.5 Å². The second-order valence-corrected chi connectivity index (χ2v) is 7.62. The first-order chi connectivity index (χ1) is 13.5. The predicted molar refractivity (Wildman–Crippen MR) is 112 cm³/mol. The number of rotatable bonds is 7. The van der Waals surface area contributed by atoms with E-state index < -0.39 is 0 Å². The van der Waals surface area contributed by atoms with Crippen LogP contribution in [0.25, 0.3) is 0 Å². The van der Waals surface area contributed by atoms with Gasteiger partial charge in [0.05, 0.1) is 5.69 Å². The van der Waals surface area contributed by atoms with Crippen LogP contribution in [0, 0.1) is 5.82 Å². The van der Waals surface area contributed by atoms with Crippen molar-refractivity contribution in [2.75, 3.05) is 37.6 Å². The fourth-order valence-electron chi connectivity index (χ4n) is 3.64. The first-order valence-corrected chi connectivity index (χ1v) is 10.1. The van der Waals surface area contributed by atoms with E-state index in [0.29, 0.717) is 44.3 Å². The molecule has 0 N–H and O–H groups in total. The van der Waals surface area contributed by atoms with Gasteiger partial charge < -0.3 is 9.80 Å². The molecule has 5 heteroatoms. The van der Waals surface area contributed by atoms with Crippen molar-refractivity contribution in [3.8, 4) is 0 Å². The zero-order chi connectivity index (χ0) is 19.9. The lowest BCUT2D eigenvalue weighted by Gasteiger charge is -2.36. The van der Waals surface area contributed by atoms with Crippen LogP contribution in [0.5, 0.6) is 0 Å². The summed E-state index contributed by atoms with van der Waals surface area (Å²) in [6.07, 6.45) is 0.519. The zero-order valence-electron chi connectivity index (χ0n) is 16.9. The van der Waals surface area contributed by atoms with Gasteiger partial charge in [-0.3, -0.25) is 9.69 Å². The fourth-order valence-corrected chi connectivity index (χ4v) is 3.64. The summed E-state index contributed by atoms with van der Waals surface area (Å²) in [4.78, 5) is 19.0. The van der Waals surface area contributed by atoms with Crippen LogP contribution in [0.1, 0.15) is 25.8 Å². The number of halogens is 1. The van der Waals surface area contributed by atoms with Crippen LogP contribution in [0.15, 0.2) is 54.6 Å². The summed E-state index contributed by atoms with van der Waals surface area (Å²) < 4.78 is 14.0. The number of anilines is 1. The van der Waals surface area contributed by atoms with Gasteiger partial charge >= 0.3 is 0 Å². The Kier molecular flexibility index (Phi) is 7.04. The topological polar surface area (TPSA) is 26.8 Å². The molecule has 28 heavy (non-hydrogen) atoms. The third-order valence-corrected chi connectivity index (χ3v) is 5.40. The van der Waals surface area contributed by atoms with Crippen LogP contribution >= 0.6 is 0 Å². The summed E-state index contributed by atoms with van der Waals surface area (Å²) in [5.41, 5.74) is 1.89. The van der Waals surface area contributed by atoms with Crippen molar-refractivity contribution in [2.45, 2.75) is 32.9 Å². The minimum Gasteiger partial charge on any atom is -0.366 e. The Morgan fingerprint density at radius 3 is 2.29 bits per heavy atom. The highest BCUT2D eigenvalue weighted by Crippen LogP contribution is 2.20. The van der Waals surface area contributed by atoms with Crippen LogP contribution in [0.2, 0.25) is 0 Å². The Labute approximate surface area is 167 Å². The van der Waals surface area contributed by atoms with Crippen LogP contribution in [0.4, 0.5) is 10.1 Å². The molecule has 1 heterocycles. The minimum absolute atomic E-state index is 0.187. The SMILES string of the molecule is CC(C)N(CCC(=O)N1CCN(c2ccccc2F)CC1)Cc1ccccc1. The molecule has 2 aromatic carbocycles. The lowest BCUT2D eigenvalue weighted by Crippen LogP contribution is -2.49. The Morgan fingerprint density at radius 2 is 1.64 bits per heavy atom. The van der Waals surface area contributed by atoms with Gasteiger partial charge in [0.15, 0.2) is 0 Å². The molecule has 150 valence electrons. The molecule has 1 aliphatic rings. The Balaban J connectivity index is 1.49. The molecule has 0 radical (unpaired) electrons. The molecular weight excluding hydrogens is 353 g/mol. The molecular formula is C23H30FN3O. The summed E-state index contributed by atoms with van der Waals surface area (Å²) in [6.45, 7) is 8.57. The smallest absolute Gasteiger partial charge is 0.223 e. The summed E-state index contributed by atoms with van der Waals surface area (Å²) >= 11 is 0. The summed E-state index contributed by atoms with van der Waals surface area (Å²) in [6, 6.07) is 17.6. The van der Waals surface area contributed by atoms with E-state index in [1.54, 1.807) is 12.1 Å². The van der Waals surface area contributed by atoms with E-state index in [9.17, 15) is 9.18 Å². The molecule has 2 aromatic rings. The first-order valence-electron chi connectivity index (χ1n) is 10.1. The van der Waals surface area contributed by atoms with Crippen molar-refractivity contribution in [1.82, 2.24) is 9.80 Å². The van der Waals surface area contributed by atoms with Crippen LogP contribution in [0.3, 0.4) is 0 Å². The van der Waals surface area contributed by atoms with Crippen LogP contribution in [-0.2, 0) is 11.3 Å². The molecule has 0 bridgehead atoms. The highest BCUT2D eigenvalue weighted by Gasteiger charge is 2.23. The molecule has 0 unspecified atom stereocenters. The van der Waals surface area contributed by atoms with Crippen molar-refractivity contribution in [1.29, 1.82) is 0 Å². The third-order valence-electron chi connectivity index (χ3n) is 5.40. The van der Waals surface area contributed by atoms with E-state index in [1.807, 2.05) is 34.1 Å². The van der Waals surface area contributed by atoms with Crippen molar-refractivity contribution >= 4 is 11.6 Å². The number of piperazine rings is 1. The number of hydrogen-bond donors (Lipinski definition) is 0. The lowest BCUT2D eigenvalue weighted by molar-refractivity contribution is -0.132. The second kappa shape index (κ2) is 9.69. The van der Waals surface area contributed by atoms with E-state index in [0.717, 1.165) is 13.1 Å². The number of para-hydroxylation sites is 1. The molecule has 1 amide bonds. The largest absolute Gasteiger partial charge is 0.366 e. The van der Waals surface area contributed by atoms with Gasteiger partial charge in [0.1, 0.15) is 5.82 Å². The van der Waals surface area contributed by atoms with Gasteiger partial charge in [-0.15, -0.1) is 0 Å². The molecule has 0 saturated carbocycles. The van der Waals surface area contributed by atoms with E-state index in [2.05, 4.69) is 30.9 Å². The standard InChI is InChI=1S/C23H30FN3O/c1-19(2)27(18-20-8-4-3-5-9-20)13-12-23(28)26-16-14-25(15-17-26)22-11-7-6-10-21(22)24/h3-11,19H,12-18H2,1-2H3. The number of carbonyl (C=O) groups excluding carboxylic acids is 1. The minimum atomic E-state index is -0.198. The van der Waals surface area contributed by atoms with Gasteiger partial charge in [-0.25, -0.2) is 4.39 Å². The Hall–Kier alpha value is -2.40. The van der Waals surface area contributed by atoms with Gasteiger partial charge in [0.2, 0.25) is 5.91 Å². The summed E-state index contributed by atoms with van der Waals surface area (Å²) in [7, 11) is 0. The van der Waals surface area contributed by atoms with Crippen molar-refractivity contribution in [3.63, 3.8) is 0 Å². The van der Waals surface area contributed by atoms with Gasteiger partial charge in [0.25, 0.3) is 0 Å². The first kappa shape index (κ1) is 20.3. The average molecular weight is 384 g/mol. The number of nitrogens with zero attached hydrogens (tertiary/aromatic N) is 3. The maximum Gasteiger partial charge on any atom is 0.223 e. The molecule has 0 atom stereocenters. The monoisotopic (exact) mass is 383 g/mol. The van der Waals surface area contributed by atoms with Gasteiger partial charge in [0, 0.05) is 51.7 Å². The molecule has 3 rings (SSSR count). The second-order valence-electron chi connectivity index (χ2n) is 7.62. The summed E-state index contributed by atoms with van der Waals surface area (Å²) in [5.74, 6) is -0.0114. The Morgan fingerprint density at radius 1 is 1.00 bits per heavy atom. The maximum absolute atomic E-state index is 14.0. The highest BCUT2D eigenvalue weighted by atomic mass is 19.1. The number of carbonyl (C=O) groups is 1. The number of benzene rings is 2.